The van der Waals surface area contributed by atoms with Crippen LogP contribution in [0.2, 0.25) is 10.0 Å². The van der Waals surface area contributed by atoms with Gasteiger partial charge in [-0.05, 0) is 13.8 Å². The Morgan fingerprint density at radius 3 is 2.00 bits per heavy atom. The third-order valence-electron chi connectivity index (χ3n) is 3.99. The number of rotatable bonds is 2. The van der Waals surface area contributed by atoms with Gasteiger partial charge in [0.25, 0.3) is 5.56 Å². The minimum Gasteiger partial charge on any atom is -0.422 e. The summed E-state index contributed by atoms with van der Waals surface area (Å²) in [5.41, 5.74) is 0.581. The van der Waals surface area contributed by atoms with Gasteiger partial charge in [0, 0.05) is 21.1 Å². The van der Waals surface area contributed by atoms with Crippen molar-refractivity contribution in [3.8, 4) is 11.8 Å². The zero-order chi connectivity index (χ0) is 18.6. The summed E-state index contributed by atoms with van der Waals surface area (Å²) >= 11 is 12.5. The van der Waals surface area contributed by atoms with Gasteiger partial charge < -0.3 is 4.74 Å². The Balaban J connectivity index is 2.28. The molecule has 0 bridgehead atoms. The lowest BCUT2D eigenvalue weighted by molar-refractivity contribution is 0.425. The number of ether oxygens (including phenoxy) is 1. The summed E-state index contributed by atoms with van der Waals surface area (Å²) in [5, 5.41) is 0.508. The van der Waals surface area contributed by atoms with E-state index in [0.717, 1.165) is 4.57 Å². The molecule has 0 aliphatic carbocycles. The predicted molar refractivity (Wildman–Crippen MR) is 95.0 cm³/mol. The van der Waals surface area contributed by atoms with Crippen molar-refractivity contribution in [3.05, 3.63) is 42.3 Å². The monoisotopic (exact) mass is 383 g/mol. The zero-order valence-corrected chi connectivity index (χ0v) is 15.7. The molecule has 0 saturated carbocycles. The van der Waals surface area contributed by atoms with E-state index in [0.29, 0.717) is 17.0 Å². The van der Waals surface area contributed by atoms with Gasteiger partial charge in [-0.15, -0.1) is 0 Å². The molecule has 0 aromatic carbocycles. The normalized spacial score (nSPS) is 11.3. The fourth-order valence-electron chi connectivity index (χ4n) is 2.61. The molecule has 25 heavy (non-hydrogen) atoms. The summed E-state index contributed by atoms with van der Waals surface area (Å²) in [5.74, 6) is 0.202. The summed E-state index contributed by atoms with van der Waals surface area (Å²) in [7, 11) is 4.57. The SMILES string of the molecule is Cc1nc(C)c(Cl)c(Oc2nc3c(=O)n(C)c(=O)n(C)c3n2C)c1Cl. The summed E-state index contributed by atoms with van der Waals surface area (Å²) in [4.78, 5) is 32.9. The van der Waals surface area contributed by atoms with Crippen LogP contribution in [0.1, 0.15) is 11.4 Å². The van der Waals surface area contributed by atoms with Gasteiger partial charge in [0.05, 0.1) is 11.4 Å². The molecule has 0 saturated heterocycles. The maximum Gasteiger partial charge on any atom is 0.332 e. The molecule has 3 aromatic heterocycles. The fraction of sp³-hybridized carbons (Fsp3) is 0.333. The van der Waals surface area contributed by atoms with E-state index in [2.05, 4.69) is 9.97 Å². The van der Waals surface area contributed by atoms with Crippen molar-refractivity contribution in [2.75, 3.05) is 0 Å². The molecule has 3 rings (SSSR count). The second-order valence-electron chi connectivity index (χ2n) is 5.67. The standard InChI is InChI=1S/C15H15Cl2N5O3/c1-6-8(16)11(9(17)7(2)18-6)25-14-19-10-12(20(14)3)21(4)15(24)22(5)13(10)23/h1-5H3. The molecule has 3 heterocycles. The molecule has 3 aromatic rings. The van der Waals surface area contributed by atoms with Crippen molar-refractivity contribution in [2.45, 2.75) is 13.8 Å². The molecule has 0 spiro atoms. The minimum atomic E-state index is -0.511. The molecule has 8 nitrogen and oxygen atoms in total. The lowest BCUT2D eigenvalue weighted by Crippen LogP contribution is -2.37. The number of fused-ring (bicyclic) bond motifs is 1. The van der Waals surface area contributed by atoms with Crippen LogP contribution in [0.25, 0.3) is 11.2 Å². The van der Waals surface area contributed by atoms with E-state index in [4.69, 9.17) is 27.9 Å². The van der Waals surface area contributed by atoms with Gasteiger partial charge in [-0.2, -0.15) is 4.98 Å². The maximum absolute atomic E-state index is 12.3. The van der Waals surface area contributed by atoms with E-state index in [-0.39, 0.29) is 27.3 Å². The Morgan fingerprint density at radius 2 is 1.44 bits per heavy atom. The molecule has 0 aliphatic heterocycles. The van der Waals surface area contributed by atoms with Crippen molar-refractivity contribution >= 4 is 34.4 Å². The van der Waals surface area contributed by atoms with Crippen LogP contribution in [0, 0.1) is 13.8 Å². The number of halogens is 2. The second-order valence-corrected chi connectivity index (χ2v) is 6.43. The first-order chi connectivity index (χ1) is 11.6. The molecule has 10 heteroatoms. The van der Waals surface area contributed by atoms with Gasteiger partial charge in [0.1, 0.15) is 10.0 Å². The van der Waals surface area contributed by atoms with E-state index in [9.17, 15) is 9.59 Å². The van der Waals surface area contributed by atoms with Crippen LogP contribution in [0.15, 0.2) is 9.59 Å². The largest absolute Gasteiger partial charge is 0.422 e. The highest BCUT2D eigenvalue weighted by Crippen LogP contribution is 2.39. The predicted octanol–water partition coefficient (Wildman–Crippen LogP) is 2.08. The first kappa shape index (κ1) is 17.5. The molecule has 132 valence electrons. The first-order valence-corrected chi connectivity index (χ1v) is 8.03. The number of pyridine rings is 1. The Bertz CT molecular complexity index is 1120. The van der Waals surface area contributed by atoms with E-state index >= 15 is 0 Å². The van der Waals surface area contributed by atoms with Crippen LogP contribution in [-0.4, -0.2) is 23.7 Å². The molecule has 0 unspecified atom stereocenters. The van der Waals surface area contributed by atoms with Gasteiger partial charge in [-0.3, -0.25) is 23.5 Å². The molecule has 0 aliphatic rings. The van der Waals surface area contributed by atoms with Crippen LogP contribution in [0.5, 0.6) is 11.8 Å². The number of aryl methyl sites for hydroxylation is 4. The molecule has 0 radical (unpaired) electrons. The third-order valence-corrected chi connectivity index (χ3v) is 4.88. The van der Waals surface area contributed by atoms with E-state index in [1.165, 1.54) is 16.2 Å². The molecular formula is C15H15Cl2N5O3. The van der Waals surface area contributed by atoms with Gasteiger partial charge >= 0.3 is 11.7 Å². The molecule has 0 amide bonds. The number of aromatic nitrogens is 5. The quantitative estimate of drug-likeness (QED) is 0.676. The number of nitrogens with zero attached hydrogens (tertiary/aromatic N) is 5. The third kappa shape index (κ3) is 2.52. The maximum atomic E-state index is 12.3. The van der Waals surface area contributed by atoms with Gasteiger partial charge in [0.15, 0.2) is 16.9 Å². The fourth-order valence-corrected chi connectivity index (χ4v) is 3.00. The van der Waals surface area contributed by atoms with E-state index in [1.807, 2.05) is 0 Å². The summed E-state index contributed by atoms with van der Waals surface area (Å²) in [6.07, 6.45) is 0. The highest BCUT2D eigenvalue weighted by molar-refractivity contribution is 6.37. The molecule has 0 fully saturated rings. The minimum absolute atomic E-state index is 0.0853. The van der Waals surface area contributed by atoms with Gasteiger partial charge in [-0.25, -0.2) is 4.79 Å². The topological polar surface area (TPSA) is 83.9 Å². The first-order valence-electron chi connectivity index (χ1n) is 7.27. The van der Waals surface area contributed by atoms with Crippen LogP contribution in [0.3, 0.4) is 0 Å². The lowest BCUT2D eigenvalue weighted by Gasteiger charge is -2.12. The highest BCUT2D eigenvalue weighted by Gasteiger charge is 2.21. The van der Waals surface area contributed by atoms with Crippen LogP contribution in [0.4, 0.5) is 0 Å². The second kappa shape index (κ2) is 5.89. The van der Waals surface area contributed by atoms with E-state index in [1.54, 1.807) is 27.9 Å². The number of hydrogen-bond acceptors (Lipinski definition) is 5. The van der Waals surface area contributed by atoms with E-state index < -0.39 is 11.2 Å². The van der Waals surface area contributed by atoms with Crippen LogP contribution < -0.4 is 16.0 Å². The summed E-state index contributed by atoms with van der Waals surface area (Å²) in [6.45, 7) is 3.46. The number of hydrogen-bond donors (Lipinski definition) is 0. The average Bonchev–Trinajstić information content (AvgIpc) is 2.90. The summed E-state index contributed by atoms with van der Waals surface area (Å²) < 4.78 is 9.60. The van der Waals surface area contributed by atoms with Crippen molar-refractivity contribution in [2.24, 2.45) is 21.1 Å². The van der Waals surface area contributed by atoms with Gasteiger partial charge in [0.2, 0.25) is 0 Å². The highest BCUT2D eigenvalue weighted by atomic mass is 35.5. The lowest BCUT2D eigenvalue weighted by atomic mass is 10.3. The van der Waals surface area contributed by atoms with Crippen LogP contribution >= 0.6 is 23.2 Å². The Labute approximate surface area is 152 Å². The van der Waals surface area contributed by atoms with Crippen molar-refractivity contribution in [1.29, 1.82) is 0 Å². The number of imidazole rings is 1. The smallest absolute Gasteiger partial charge is 0.332 e. The van der Waals surface area contributed by atoms with Crippen molar-refractivity contribution in [1.82, 2.24) is 23.7 Å². The average molecular weight is 384 g/mol. The van der Waals surface area contributed by atoms with Crippen molar-refractivity contribution < 1.29 is 4.74 Å². The zero-order valence-electron chi connectivity index (χ0n) is 14.2. The molecule has 0 atom stereocenters. The summed E-state index contributed by atoms with van der Waals surface area (Å²) in [6, 6.07) is 0.0853. The Morgan fingerprint density at radius 1 is 0.880 bits per heavy atom. The Kier molecular flexibility index (Phi) is 4.12. The van der Waals surface area contributed by atoms with Crippen LogP contribution in [-0.2, 0) is 21.1 Å². The molecular weight excluding hydrogens is 369 g/mol. The molecule has 0 N–H and O–H groups in total. The van der Waals surface area contributed by atoms with Gasteiger partial charge in [-0.1, -0.05) is 23.2 Å². The van der Waals surface area contributed by atoms with Crippen molar-refractivity contribution in [3.63, 3.8) is 0 Å². The Hall–Kier alpha value is -2.32.